The number of hydrogen-bond acceptors (Lipinski definition) is 6. The molecule has 0 atom stereocenters. The van der Waals surface area contributed by atoms with Gasteiger partial charge in [0, 0.05) is 10.9 Å². The standard InChI is InChI=1S/C19H16N4O2S2/c1-11-3-4-13(7-12(11)2)15-9-27-19(21-15)22-16(24)8-23-10-20-17-14(18(23)25)5-6-26-17/h3-7,9-10H,8H2,1-2H3,(H,21,22,24). The Morgan fingerprint density at radius 2 is 2.04 bits per heavy atom. The minimum atomic E-state index is -0.311. The predicted molar refractivity (Wildman–Crippen MR) is 110 cm³/mol. The molecule has 0 aliphatic heterocycles. The highest BCUT2D eigenvalue weighted by Crippen LogP contribution is 2.26. The molecule has 0 saturated carbocycles. The van der Waals surface area contributed by atoms with Crippen molar-refractivity contribution in [3.63, 3.8) is 0 Å². The highest BCUT2D eigenvalue weighted by atomic mass is 32.1. The topological polar surface area (TPSA) is 76.9 Å². The first-order chi connectivity index (χ1) is 13.0. The fourth-order valence-corrected chi connectivity index (χ4v) is 4.14. The summed E-state index contributed by atoms with van der Waals surface area (Å²) in [6.07, 6.45) is 1.41. The van der Waals surface area contributed by atoms with Crippen molar-refractivity contribution in [2.24, 2.45) is 0 Å². The lowest BCUT2D eigenvalue weighted by molar-refractivity contribution is -0.116. The van der Waals surface area contributed by atoms with Gasteiger partial charge in [0.1, 0.15) is 11.4 Å². The molecule has 1 aromatic carbocycles. The summed E-state index contributed by atoms with van der Waals surface area (Å²) in [7, 11) is 0. The average Bonchev–Trinajstić information content (AvgIpc) is 3.29. The summed E-state index contributed by atoms with van der Waals surface area (Å²) in [4.78, 5) is 34.1. The molecular formula is C19H16N4O2S2. The molecule has 0 radical (unpaired) electrons. The van der Waals surface area contributed by atoms with Crippen LogP contribution in [-0.4, -0.2) is 20.4 Å². The summed E-state index contributed by atoms with van der Waals surface area (Å²) in [6.45, 7) is 4.02. The first kappa shape index (κ1) is 17.6. The van der Waals surface area contributed by atoms with E-state index in [4.69, 9.17) is 0 Å². The second-order valence-corrected chi connectivity index (χ2v) is 7.95. The second-order valence-electron chi connectivity index (χ2n) is 6.20. The summed E-state index contributed by atoms with van der Waals surface area (Å²) in [5.41, 5.74) is 4.03. The summed E-state index contributed by atoms with van der Waals surface area (Å²) in [5.74, 6) is -0.311. The fourth-order valence-electron chi connectivity index (χ4n) is 2.68. The molecule has 0 saturated heterocycles. The van der Waals surface area contributed by atoms with Crippen LogP contribution >= 0.6 is 22.7 Å². The molecule has 0 fully saturated rings. The number of nitrogens with zero attached hydrogens (tertiary/aromatic N) is 3. The number of nitrogens with one attached hydrogen (secondary N) is 1. The van der Waals surface area contributed by atoms with Crippen molar-refractivity contribution in [2.45, 2.75) is 20.4 Å². The van der Waals surface area contributed by atoms with Gasteiger partial charge >= 0.3 is 0 Å². The maximum Gasteiger partial charge on any atom is 0.262 e. The zero-order chi connectivity index (χ0) is 19.0. The van der Waals surface area contributed by atoms with Crippen molar-refractivity contribution in [3.8, 4) is 11.3 Å². The summed E-state index contributed by atoms with van der Waals surface area (Å²) in [5, 5.41) is 7.51. The lowest BCUT2D eigenvalue weighted by Gasteiger charge is -2.05. The van der Waals surface area contributed by atoms with Crippen LogP contribution in [0.25, 0.3) is 21.5 Å². The largest absolute Gasteiger partial charge is 0.300 e. The van der Waals surface area contributed by atoms with Crippen LogP contribution < -0.4 is 10.9 Å². The minimum absolute atomic E-state index is 0.101. The molecule has 0 unspecified atom stereocenters. The molecular weight excluding hydrogens is 380 g/mol. The van der Waals surface area contributed by atoms with Gasteiger partial charge in [-0.3, -0.25) is 14.2 Å². The summed E-state index contributed by atoms with van der Waals surface area (Å²) >= 11 is 2.76. The molecule has 1 N–H and O–H groups in total. The number of benzene rings is 1. The third-order valence-corrected chi connectivity index (χ3v) is 5.90. The molecule has 4 aromatic rings. The van der Waals surface area contributed by atoms with E-state index in [1.165, 1.54) is 44.7 Å². The Bertz CT molecular complexity index is 1210. The third kappa shape index (κ3) is 3.54. The Morgan fingerprint density at radius 3 is 2.85 bits per heavy atom. The molecule has 4 rings (SSSR count). The van der Waals surface area contributed by atoms with Crippen LogP contribution in [0.15, 0.2) is 46.1 Å². The number of hydrogen-bond donors (Lipinski definition) is 1. The smallest absolute Gasteiger partial charge is 0.262 e. The Labute approximate surface area is 163 Å². The maximum absolute atomic E-state index is 12.4. The van der Waals surface area contributed by atoms with E-state index in [1.807, 2.05) is 16.8 Å². The number of amides is 1. The molecule has 0 bridgehead atoms. The van der Waals surface area contributed by atoms with E-state index in [0.29, 0.717) is 15.3 Å². The first-order valence-electron chi connectivity index (χ1n) is 8.27. The van der Waals surface area contributed by atoms with Gasteiger partial charge in [0.25, 0.3) is 5.56 Å². The van der Waals surface area contributed by atoms with E-state index in [0.717, 1.165) is 11.3 Å². The molecule has 27 heavy (non-hydrogen) atoms. The van der Waals surface area contributed by atoms with Crippen molar-refractivity contribution >= 4 is 43.9 Å². The van der Waals surface area contributed by atoms with E-state index in [9.17, 15) is 9.59 Å². The highest BCUT2D eigenvalue weighted by Gasteiger charge is 2.12. The van der Waals surface area contributed by atoms with E-state index in [-0.39, 0.29) is 18.0 Å². The van der Waals surface area contributed by atoms with Crippen molar-refractivity contribution < 1.29 is 4.79 Å². The normalized spacial score (nSPS) is 11.0. The highest BCUT2D eigenvalue weighted by molar-refractivity contribution is 7.16. The zero-order valence-corrected chi connectivity index (χ0v) is 16.4. The Kier molecular flexibility index (Phi) is 4.59. The van der Waals surface area contributed by atoms with Crippen LogP contribution in [0.4, 0.5) is 5.13 Å². The fraction of sp³-hybridized carbons (Fsp3) is 0.158. The molecule has 1 amide bonds. The van der Waals surface area contributed by atoms with Gasteiger partial charge in [0.15, 0.2) is 5.13 Å². The number of fused-ring (bicyclic) bond motifs is 1. The molecule has 3 aromatic heterocycles. The van der Waals surface area contributed by atoms with Gasteiger partial charge in [-0.05, 0) is 42.5 Å². The van der Waals surface area contributed by atoms with Crippen LogP contribution in [0.5, 0.6) is 0 Å². The van der Waals surface area contributed by atoms with E-state index >= 15 is 0 Å². The molecule has 136 valence electrons. The molecule has 0 spiro atoms. The lowest BCUT2D eigenvalue weighted by Crippen LogP contribution is -2.27. The van der Waals surface area contributed by atoms with Gasteiger partial charge in [-0.15, -0.1) is 22.7 Å². The number of thiazole rings is 1. The number of carbonyl (C=O) groups is 1. The number of carbonyl (C=O) groups excluding carboxylic acids is 1. The molecule has 0 aliphatic carbocycles. The quantitative estimate of drug-likeness (QED) is 0.569. The molecule has 8 heteroatoms. The number of rotatable bonds is 4. The number of aromatic nitrogens is 3. The van der Waals surface area contributed by atoms with Gasteiger partial charge in [0.2, 0.25) is 5.91 Å². The zero-order valence-electron chi connectivity index (χ0n) is 14.7. The van der Waals surface area contributed by atoms with Crippen LogP contribution in [0, 0.1) is 13.8 Å². The summed E-state index contributed by atoms with van der Waals surface area (Å²) in [6, 6.07) is 7.88. The van der Waals surface area contributed by atoms with Crippen molar-refractivity contribution in [2.75, 3.05) is 5.32 Å². The Balaban J connectivity index is 1.49. The predicted octanol–water partition coefficient (Wildman–Crippen LogP) is 3.84. The number of anilines is 1. The maximum atomic E-state index is 12.4. The van der Waals surface area contributed by atoms with Crippen molar-refractivity contribution in [3.05, 3.63) is 62.8 Å². The summed E-state index contributed by atoms with van der Waals surface area (Å²) < 4.78 is 1.31. The van der Waals surface area contributed by atoms with Crippen molar-refractivity contribution in [1.29, 1.82) is 0 Å². The number of aryl methyl sites for hydroxylation is 2. The SMILES string of the molecule is Cc1ccc(-c2csc(NC(=O)Cn3cnc4sccc4c3=O)n2)cc1C. The Morgan fingerprint density at radius 1 is 1.19 bits per heavy atom. The lowest BCUT2D eigenvalue weighted by atomic mass is 10.1. The van der Waals surface area contributed by atoms with Crippen LogP contribution in [0.1, 0.15) is 11.1 Å². The first-order valence-corrected chi connectivity index (χ1v) is 10.0. The van der Waals surface area contributed by atoms with E-state index < -0.39 is 0 Å². The van der Waals surface area contributed by atoms with Gasteiger partial charge in [-0.2, -0.15) is 0 Å². The van der Waals surface area contributed by atoms with Gasteiger partial charge < -0.3 is 5.32 Å². The molecule has 3 heterocycles. The number of thiophene rings is 1. The van der Waals surface area contributed by atoms with Crippen LogP contribution in [0.3, 0.4) is 0 Å². The molecule has 0 aliphatic rings. The van der Waals surface area contributed by atoms with Gasteiger partial charge in [-0.1, -0.05) is 12.1 Å². The van der Waals surface area contributed by atoms with E-state index in [2.05, 4.69) is 41.3 Å². The molecule has 6 nitrogen and oxygen atoms in total. The van der Waals surface area contributed by atoms with E-state index in [1.54, 1.807) is 6.07 Å². The Hall–Kier alpha value is -2.84. The van der Waals surface area contributed by atoms with Crippen LogP contribution in [0.2, 0.25) is 0 Å². The van der Waals surface area contributed by atoms with Crippen molar-refractivity contribution in [1.82, 2.24) is 14.5 Å². The second kappa shape index (κ2) is 7.05. The monoisotopic (exact) mass is 396 g/mol. The van der Waals surface area contributed by atoms with Gasteiger partial charge in [0.05, 0.1) is 17.4 Å². The van der Waals surface area contributed by atoms with Gasteiger partial charge in [-0.25, -0.2) is 9.97 Å². The third-order valence-electron chi connectivity index (χ3n) is 4.32. The average molecular weight is 396 g/mol. The van der Waals surface area contributed by atoms with Crippen LogP contribution in [-0.2, 0) is 11.3 Å². The minimum Gasteiger partial charge on any atom is -0.300 e.